The van der Waals surface area contributed by atoms with Crippen molar-refractivity contribution >= 4 is 23.1 Å². The fourth-order valence-corrected chi connectivity index (χ4v) is 3.09. The number of carbonyl (C=O) groups is 2. The van der Waals surface area contributed by atoms with Crippen LogP contribution in [-0.2, 0) is 4.79 Å². The summed E-state index contributed by atoms with van der Waals surface area (Å²) in [5.41, 5.74) is 2.52. The third-order valence-electron chi connectivity index (χ3n) is 4.49. The van der Waals surface area contributed by atoms with Gasteiger partial charge in [0.2, 0.25) is 0 Å². The van der Waals surface area contributed by atoms with Gasteiger partial charge in [0.15, 0.2) is 12.4 Å². The number of Topliss-reactive ketones (excluding diaryl/α,β-unsaturated/α-hetero) is 1. The average Bonchev–Trinajstić information content (AvgIpc) is 3.21. The van der Waals surface area contributed by atoms with Crippen molar-refractivity contribution in [3.8, 4) is 5.75 Å². The molecule has 1 saturated heterocycles. The zero-order valence-corrected chi connectivity index (χ0v) is 15.0. The minimum Gasteiger partial charge on any atom is -0.484 e. The van der Waals surface area contributed by atoms with Gasteiger partial charge in [-0.2, -0.15) is 0 Å². The van der Waals surface area contributed by atoms with Crippen molar-refractivity contribution in [2.24, 2.45) is 0 Å². The highest BCUT2D eigenvalue weighted by atomic mass is 16.5. The van der Waals surface area contributed by atoms with Crippen LogP contribution in [0, 0.1) is 0 Å². The SMILES string of the molecule is CCC(=O)c1ccc(OCC(=O)Nc2ccccc2N2CCCC2)cc1. The van der Waals surface area contributed by atoms with Crippen molar-refractivity contribution in [2.45, 2.75) is 26.2 Å². The van der Waals surface area contributed by atoms with Gasteiger partial charge in [0, 0.05) is 25.1 Å². The summed E-state index contributed by atoms with van der Waals surface area (Å²) in [5.74, 6) is 0.457. The highest BCUT2D eigenvalue weighted by Gasteiger charge is 2.16. The minimum atomic E-state index is -0.203. The maximum absolute atomic E-state index is 12.3. The first-order chi connectivity index (χ1) is 12.7. The second-order valence-electron chi connectivity index (χ2n) is 6.35. The summed E-state index contributed by atoms with van der Waals surface area (Å²) in [5, 5.41) is 2.94. The standard InChI is InChI=1S/C21H24N2O3/c1-2-20(24)16-9-11-17(12-10-16)26-15-21(25)22-18-7-3-4-8-19(18)23-13-5-6-14-23/h3-4,7-12H,2,5-6,13-15H2,1H3,(H,22,25). The average molecular weight is 352 g/mol. The zero-order chi connectivity index (χ0) is 18.4. The molecule has 0 radical (unpaired) electrons. The maximum atomic E-state index is 12.3. The van der Waals surface area contributed by atoms with E-state index in [0.29, 0.717) is 17.7 Å². The van der Waals surface area contributed by atoms with Crippen LogP contribution in [0.15, 0.2) is 48.5 Å². The summed E-state index contributed by atoms with van der Waals surface area (Å²) in [6, 6.07) is 14.7. The summed E-state index contributed by atoms with van der Waals surface area (Å²) in [7, 11) is 0. The van der Waals surface area contributed by atoms with E-state index in [0.717, 1.165) is 24.5 Å². The first kappa shape index (κ1) is 18.0. The molecular formula is C21H24N2O3. The van der Waals surface area contributed by atoms with E-state index in [9.17, 15) is 9.59 Å². The van der Waals surface area contributed by atoms with Gasteiger partial charge in [-0.05, 0) is 49.2 Å². The Hall–Kier alpha value is -2.82. The minimum absolute atomic E-state index is 0.0740. The highest BCUT2D eigenvalue weighted by molar-refractivity contribution is 5.96. The lowest BCUT2D eigenvalue weighted by molar-refractivity contribution is -0.118. The van der Waals surface area contributed by atoms with E-state index in [1.807, 2.05) is 31.2 Å². The molecule has 2 aromatic rings. The predicted octanol–water partition coefficient (Wildman–Crippen LogP) is 3.90. The van der Waals surface area contributed by atoms with E-state index in [4.69, 9.17) is 4.74 Å². The molecule has 0 bridgehead atoms. The van der Waals surface area contributed by atoms with Crippen LogP contribution in [-0.4, -0.2) is 31.4 Å². The normalized spacial score (nSPS) is 13.5. The first-order valence-electron chi connectivity index (χ1n) is 9.07. The van der Waals surface area contributed by atoms with Gasteiger partial charge in [0.1, 0.15) is 5.75 Å². The second-order valence-corrected chi connectivity index (χ2v) is 6.35. The van der Waals surface area contributed by atoms with Gasteiger partial charge < -0.3 is 15.0 Å². The molecule has 0 spiro atoms. The number of amides is 1. The molecular weight excluding hydrogens is 328 g/mol. The number of ether oxygens (including phenoxy) is 1. The second kappa shape index (κ2) is 8.52. The topological polar surface area (TPSA) is 58.6 Å². The number of carbonyl (C=O) groups excluding carboxylic acids is 2. The van der Waals surface area contributed by atoms with Gasteiger partial charge >= 0.3 is 0 Å². The molecule has 1 aliphatic rings. The molecule has 5 heteroatoms. The number of nitrogens with one attached hydrogen (secondary N) is 1. The highest BCUT2D eigenvalue weighted by Crippen LogP contribution is 2.28. The summed E-state index contributed by atoms with van der Waals surface area (Å²) in [6.45, 7) is 3.80. The van der Waals surface area contributed by atoms with Crippen molar-refractivity contribution < 1.29 is 14.3 Å². The Labute approximate surface area is 154 Å². The Balaban J connectivity index is 1.57. The molecule has 1 amide bonds. The van der Waals surface area contributed by atoms with Crippen LogP contribution < -0.4 is 15.0 Å². The van der Waals surface area contributed by atoms with E-state index in [-0.39, 0.29) is 18.3 Å². The largest absolute Gasteiger partial charge is 0.484 e. The van der Waals surface area contributed by atoms with Crippen LogP contribution in [0.1, 0.15) is 36.5 Å². The van der Waals surface area contributed by atoms with Crippen LogP contribution >= 0.6 is 0 Å². The number of anilines is 2. The lowest BCUT2D eigenvalue weighted by atomic mass is 10.1. The van der Waals surface area contributed by atoms with E-state index < -0.39 is 0 Å². The fourth-order valence-electron chi connectivity index (χ4n) is 3.09. The number of nitrogens with zero attached hydrogens (tertiary/aromatic N) is 1. The molecule has 0 aliphatic carbocycles. The first-order valence-corrected chi connectivity index (χ1v) is 9.07. The van der Waals surface area contributed by atoms with Crippen LogP contribution in [0.2, 0.25) is 0 Å². The van der Waals surface area contributed by atoms with Gasteiger partial charge in [-0.25, -0.2) is 0 Å². The zero-order valence-electron chi connectivity index (χ0n) is 15.0. The summed E-state index contributed by atoms with van der Waals surface area (Å²) < 4.78 is 5.54. The van der Waals surface area contributed by atoms with Gasteiger partial charge in [0.05, 0.1) is 11.4 Å². The summed E-state index contributed by atoms with van der Waals surface area (Å²) in [6.07, 6.45) is 2.84. The van der Waals surface area contributed by atoms with Crippen molar-refractivity contribution in [1.29, 1.82) is 0 Å². The summed E-state index contributed by atoms with van der Waals surface area (Å²) in [4.78, 5) is 26.2. The van der Waals surface area contributed by atoms with Crippen LogP contribution in [0.5, 0.6) is 5.75 Å². The Morgan fingerprint density at radius 1 is 1.04 bits per heavy atom. The quantitative estimate of drug-likeness (QED) is 0.768. The Morgan fingerprint density at radius 2 is 1.73 bits per heavy atom. The maximum Gasteiger partial charge on any atom is 0.262 e. The molecule has 3 rings (SSSR count). The van der Waals surface area contributed by atoms with Crippen molar-refractivity contribution in [1.82, 2.24) is 0 Å². The van der Waals surface area contributed by atoms with Crippen molar-refractivity contribution in [2.75, 3.05) is 29.9 Å². The smallest absolute Gasteiger partial charge is 0.262 e. The van der Waals surface area contributed by atoms with E-state index in [2.05, 4.69) is 10.2 Å². The number of para-hydroxylation sites is 2. The van der Waals surface area contributed by atoms with Crippen molar-refractivity contribution in [3.05, 3.63) is 54.1 Å². The van der Waals surface area contributed by atoms with Crippen LogP contribution in [0.3, 0.4) is 0 Å². The van der Waals surface area contributed by atoms with E-state index in [1.165, 1.54) is 12.8 Å². The Morgan fingerprint density at radius 3 is 2.42 bits per heavy atom. The third-order valence-corrected chi connectivity index (χ3v) is 4.49. The molecule has 136 valence electrons. The number of hydrogen-bond donors (Lipinski definition) is 1. The number of benzene rings is 2. The van der Waals surface area contributed by atoms with E-state index in [1.54, 1.807) is 24.3 Å². The molecule has 1 N–H and O–H groups in total. The van der Waals surface area contributed by atoms with Gasteiger partial charge in [-0.1, -0.05) is 19.1 Å². The molecule has 2 aromatic carbocycles. The molecule has 1 heterocycles. The molecule has 1 aliphatic heterocycles. The number of ketones is 1. The van der Waals surface area contributed by atoms with Crippen LogP contribution in [0.4, 0.5) is 11.4 Å². The molecule has 26 heavy (non-hydrogen) atoms. The Kier molecular flexibility index (Phi) is 5.89. The van der Waals surface area contributed by atoms with E-state index >= 15 is 0 Å². The van der Waals surface area contributed by atoms with Crippen LogP contribution in [0.25, 0.3) is 0 Å². The molecule has 5 nitrogen and oxygen atoms in total. The third kappa shape index (κ3) is 4.42. The monoisotopic (exact) mass is 352 g/mol. The lowest BCUT2D eigenvalue weighted by Gasteiger charge is -2.21. The molecule has 0 unspecified atom stereocenters. The molecule has 0 aromatic heterocycles. The number of hydrogen-bond acceptors (Lipinski definition) is 4. The fraction of sp³-hybridized carbons (Fsp3) is 0.333. The molecule has 1 fully saturated rings. The number of rotatable bonds is 7. The van der Waals surface area contributed by atoms with Crippen molar-refractivity contribution in [3.63, 3.8) is 0 Å². The predicted molar refractivity (Wildman–Crippen MR) is 103 cm³/mol. The molecule has 0 saturated carbocycles. The lowest BCUT2D eigenvalue weighted by Crippen LogP contribution is -2.24. The van der Waals surface area contributed by atoms with Gasteiger partial charge in [0.25, 0.3) is 5.91 Å². The summed E-state index contributed by atoms with van der Waals surface area (Å²) >= 11 is 0. The molecule has 0 atom stereocenters. The van der Waals surface area contributed by atoms with Gasteiger partial charge in [-0.3, -0.25) is 9.59 Å². The van der Waals surface area contributed by atoms with Gasteiger partial charge in [-0.15, -0.1) is 0 Å². The Bertz CT molecular complexity index is 765.